The van der Waals surface area contributed by atoms with E-state index < -0.39 is 0 Å². The van der Waals surface area contributed by atoms with Crippen LogP contribution in [0.15, 0.2) is 78.4 Å². The molecule has 0 bridgehead atoms. The molecular formula is C26H19NO2. The minimum Gasteiger partial charge on any atom is -0.317 e. The molecular weight excluding hydrogens is 358 g/mol. The summed E-state index contributed by atoms with van der Waals surface area (Å²) in [6, 6.07) is 23.6. The van der Waals surface area contributed by atoms with E-state index in [1.807, 2.05) is 32.0 Å². The maximum Gasteiger partial charge on any atom is 0.197 e. The molecule has 0 atom stereocenters. The highest BCUT2D eigenvalue weighted by atomic mass is 16.2. The number of fused-ring (bicyclic) bond motifs is 2. The summed E-state index contributed by atoms with van der Waals surface area (Å²) in [6.45, 7) is 4.07. The fraction of sp³-hybridized carbons (Fsp3) is 0.0769. The number of aromatic nitrogens is 1. The Hall–Kier alpha value is -3.72. The summed E-state index contributed by atoms with van der Waals surface area (Å²) in [4.78, 5) is 25.5. The molecule has 0 amide bonds. The lowest BCUT2D eigenvalue weighted by molar-refractivity contribution is 0.0990. The maximum atomic E-state index is 12.8. The Morgan fingerprint density at radius 3 is 2.10 bits per heavy atom. The Balaban J connectivity index is 1.66. The van der Waals surface area contributed by atoms with E-state index in [0.717, 1.165) is 28.0 Å². The number of carbonyl (C=O) groups excluding carboxylic acids is 2. The van der Waals surface area contributed by atoms with Gasteiger partial charge in [-0.1, -0.05) is 60.7 Å². The number of rotatable bonds is 2. The first-order valence-corrected chi connectivity index (χ1v) is 9.63. The van der Waals surface area contributed by atoms with Gasteiger partial charge in [0.2, 0.25) is 0 Å². The van der Waals surface area contributed by atoms with Gasteiger partial charge in [0, 0.05) is 27.9 Å². The molecule has 0 saturated heterocycles. The third kappa shape index (κ3) is 2.59. The molecule has 0 saturated carbocycles. The normalized spacial score (nSPS) is 13.2. The van der Waals surface area contributed by atoms with E-state index in [4.69, 9.17) is 0 Å². The summed E-state index contributed by atoms with van der Waals surface area (Å²) < 4.78 is 2.19. The fourth-order valence-corrected chi connectivity index (χ4v) is 4.27. The van der Waals surface area contributed by atoms with Crippen molar-refractivity contribution in [1.82, 2.24) is 4.57 Å². The van der Waals surface area contributed by atoms with Crippen LogP contribution >= 0.6 is 0 Å². The number of benzene rings is 3. The van der Waals surface area contributed by atoms with Crippen LogP contribution in [0.1, 0.15) is 37.7 Å². The van der Waals surface area contributed by atoms with E-state index in [9.17, 15) is 9.59 Å². The van der Waals surface area contributed by atoms with E-state index in [-0.39, 0.29) is 17.1 Å². The Kier molecular flexibility index (Phi) is 3.85. The van der Waals surface area contributed by atoms with Crippen LogP contribution < -0.4 is 0 Å². The summed E-state index contributed by atoms with van der Waals surface area (Å²) in [5.41, 5.74) is 5.27. The van der Waals surface area contributed by atoms with Crippen molar-refractivity contribution in [3.63, 3.8) is 0 Å². The van der Waals surface area contributed by atoms with Crippen molar-refractivity contribution in [2.24, 2.45) is 0 Å². The van der Waals surface area contributed by atoms with Gasteiger partial charge in [-0.3, -0.25) is 9.59 Å². The van der Waals surface area contributed by atoms with Crippen LogP contribution in [0.3, 0.4) is 0 Å². The smallest absolute Gasteiger partial charge is 0.197 e. The zero-order chi connectivity index (χ0) is 20.1. The predicted molar refractivity (Wildman–Crippen MR) is 116 cm³/mol. The minimum atomic E-state index is -0.194. The zero-order valence-electron chi connectivity index (χ0n) is 16.3. The predicted octanol–water partition coefficient (Wildman–Crippen LogP) is 5.71. The number of nitrogens with zero attached hydrogens (tertiary/aromatic N) is 1. The second-order valence-electron chi connectivity index (χ2n) is 7.42. The van der Waals surface area contributed by atoms with E-state index >= 15 is 0 Å². The largest absolute Gasteiger partial charge is 0.317 e. The average molecular weight is 377 g/mol. The molecule has 0 N–H and O–H groups in total. The number of aryl methyl sites for hydroxylation is 1. The minimum absolute atomic E-state index is 0.194. The molecule has 0 spiro atoms. The van der Waals surface area contributed by atoms with Crippen molar-refractivity contribution < 1.29 is 9.59 Å². The lowest BCUT2D eigenvalue weighted by atomic mass is 10.1. The van der Waals surface area contributed by atoms with Gasteiger partial charge in [0.1, 0.15) is 0 Å². The molecule has 0 unspecified atom stereocenters. The molecule has 5 rings (SSSR count). The van der Waals surface area contributed by atoms with Crippen LogP contribution in [0, 0.1) is 13.8 Å². The molecule has 1 heterocycles. The highest BCUT2D eigenvalue weighted by molar-refractivity contribution is 6.41. The van der Waals surface area contributed by atoms with Crippen molar-refractivity contribution in [3.05, 3.63) is 106 Å². The van der Waals surface area contributed by atoms with E-state index in [0.29, 0.717) is 11.1 Å². The molecule has 1 aromatic heterocycles. The van der Waals surface area contributed by atoms with E-state index in [1.165, 1.54) is 5.39 Å². The van der Waals surface area contributed by atoms with Gasteiger partial charge < -0.3 is 4.57 Å². The van der Waals surface area contributed by atoms with Crippen LogP contribution in [0.4, 0.5) is 0 Å². The summed E-state index contributed by atoms with van der Waals surface area (Å²) >= 11 is 0. The topological polar surface area (TPSA) is 39.1 Å². The molecule has 3 aromatic carbocycles. The standard InChI is InChI=1S/C26H19NO2/c1-16-14-19(15-23-25(28)21-11-5-6-12-22(21)26(23)29)17(2)27(16)24-13-7-9-18-8-3-4-10-20(18)24/h3-15H,1-2H3. The van der Waals surface area contributed by atoms with E-state index in [1.54, 1.807) is 30.3 Å². The number of hydrogen-bond donors (Lipinski definition) is 0. The highest BCUT2D eigenvalue weighted by Gasteiger charge is 2.32. The molecule has 3 heteroatoms. The van der Waals surface area contributed by atoms with Crippen molar-refractivity contribution in [1.29, 1.82) is 0 Å². The summed E-state index contributed by atoms with van der Waals surface area (Å²) in [6.07, 6.45) is 1.74. The Bertz CT molecular complexity index is 1310. The van der Waals surface area contributed by atoms with Gasteiger partial charge in [-0.2, -0.15) is 0 Å². The van der Waals surface area contributed by atoms with Gasteiger partial charge in [0.25, 0.3) is 0 Å². The van der Waals surface area contributed by atoms with Crippen LogP contribution in [-0.2, 0) is 0 Å². The Morgan fingerprint density at radius 2 is 1.38 bits per heavy atom. The number of carbonyl (C=O) groups is 2. The lowest BCUT2D eigenvalue weighted by Gasteiger charge is -2.13. The monoisotopic (exact) mass is 377 g/mol. The molecule has 0 aliphatic heterocycles. The number of Topliss-reactive ketones (excluding diaryl/α,β-unsaturated/α-hetero) is 2. The Labute approximate surface area is 168 Å². The molecule has 0 radical (unpaired) electrons. The molecule has 1 aliphatic carbocycles. The van der Waals surface area contributed by atoms with Crippen molar-refractivity contribution in [3.8, 4) is 5.69 Å². The zero-order valence-corrected chi connectivity index (χ0v) is 16.3. The van der Waals surface area contributed by atoms with Gasteiger partial charge in [-0.15, -0.1) is 0 Å². The molecule has 29 heavy (non-hydrogen) atoms. The second-order valence-corrected chi connectivity index (χ2v) is 7.42. The molecule has 1 aliphatic rings. The number of ketones is 2. The van der Waals surface area contributed by atoms with Gasteiger partial charge in [-0.05, 0) is 43.0 Å². The number of hydrogen-bond acceptors (Lipinski definition) is 2. The van der Waals surface area contributed by atoms with Crippen LogP contribution in [-0.4, -0.2) is 16.1 Å². The van der Waals surface area contributed by atoms with Gasteiger partial charge in [-0.25, -0.2) is 0 Å². The fourth-order valence-electron chi connectivity index (χ4n) is 4.27. The van der Waals surface area contributed by atoms with Crippen molar-refractivity contribution in [2.45, 2.75) is 13.8 Å². The van der Waals surface area contributed by atoms with E-state index in [2.05, 4.69) is 34.9 Å². The van der Waals surface area contributed by atoms with Crippen molar-refractivity contribution >= 4 is 28.4 Å². The van der Waals surface area contributed by atoms with Gasteiger partial charge in [0.15, 0.2) is 11.6 Å². The van der Waals surface area contributed by atoms with Crippen LogP contribution in [0.25, 0.3) is 22.5 Å². The van der Waals surface area contributed by atoms with Gasteiger partial charge >= 0.3 is 0 Å². The first-order chi connectivity index (χ1) is 14.1. The number of allylic oxidation sites excluding steroid dienone is 1. The quantitative estimate of drug-likeness (QED) is 0.331. The average Bonchev–Trinajstić information content (AvgIpc) is 3.16. The first kappa shape index (κ1) is 17.4. The molecule has 3 nitrogen and oxygen atoms in total. The van der Waals surface area contributed by atoms with Gasteiger partial charge in [0.05, 0.1) is 11.3 Å². The first-order valence-electron chi connectivity index (χ1n) is 9.63. The Morgan fingerprint density at radius 1 is 0.759 bits per heavy atom. The van der Waals surface area contributed by atoms with Crippen LogP contribution in [0.5, 0.6) is 0 Å². The van der Waals surface area contributed by atoms with Crippen LogP contribution in [0.2, 0.25) is 0 Å². The lowest BCUT2D eigenvalue weighted by Crippen LogP contribution is -2.02. The maximum absolute atomic E-state index is 12.8. The molecule has 4 aromatic rings. The molecule has 0 fully saturated rings. The third-order valence-electron chi connectivity index (χ3n) is 5.68. The summed E-state index contributed by atoms with van der Waals surface area (Å²) in [5, 5.41) is 2.34. The second kappa shape index (κ2) is 6.42. The SMILES string of the molecule is Cc1cc(C=C2C(=O)c3ccccc3C2=O)c(C)n1-c1cccc2ccccc12. The van der Waals surface area contributed by atoms with Crippen molar-refractivity contribution in [2.75, 3.05) is 0 Å². The highest BCUT2D eigenvalue weighted by Crippen LogP contribution is 2.31. The molecule has 140 valence electrons. The third-order valence-corrected chi connectivity index (χ3v) is 5.68. The summed E-state index contributed by atoms with van der Waals surface area (Å²) in [7, 11) is 0. The summed E-state index contributed by atoms with van der Waals surface area (Å²) in [5.74, 6) is -0.388.